The molecule has 3 N–H and O–H groups in total. The van der Waals surface area contributed by atoms with Gasteiger partial charge in [0, 0.05) is 0 Å². The van der Waals surface area contributed by atoms with Crippen molar-refractivity contribution in [1.82, 2.24) is 0 Å². The van der Waals surface area contributed by atoms with E-state index in [9.17, 15) is 5.11 Å². The summed E-state index contributed by atoms with van der Waals surface area (Å²) in [6.45, 7) is 4.18. The van der Waals surface area contributed by atoms with Crippen LogP contribution < -0.4 is 10.5 Å². The van der Waals surface area contributed by atoms with E-state index in [0.717, 1.165) is 5.56 Å². The third kappa shape index (κ3) is 2.92. The van der Waals surface area contributed by atoms with Gasteiger partial charge in [0.25, 0.3) is 0 Å². The van der Waals surface area contributed by atoms with Gasteiger partial charge in [-0.15, -0.1) is 0 Å². The van der Waals surface area contributed by atoms with Gasteiger partial charge in [-0.05, 0) is 31.0 Å². The number of nitrogen functional groups attached to an aromatic ring is 1. The molecule has 1 aromatic rings. The number of aliphatic hydroxyl groups excluding tert-OH is 1. The van der Waals surface area contributed by atoms with Crippen LogP contribution in [0.15, 0.2) is 18.2 Å². The van der Waals surface area contributed by atoms with Crippen LogP contribution in [0.3, 0.4) is 0 Å². The van der Waals surface area contributed by atoms with Gasteiger partial charge in [-0.1, -0.05) is 13.0 Å². The lowest BCUT2D eigenvalue weighted by Crippen LogP contribution is -2.16. The molecule has 14 heavy (non-hydrogen) atoms. The maximum Gasteiger partial charge on any atom is 0.142 e. The minimum Gasteiger partial charge on any atom is -0.489 e. The molecule has 0 heterocycles. The molecule has 0 spiro atoms. The van der Waals surface area contributed by atoms with Crippen LogP contribution in [0.5, 0.6) is 5.75 Å². The minimum atomic E-state index is -0.421. The zero-order chi connectivity index (χ0) is 10.6. The Morgan fingerprint density at radius 2 is 2.21 bits per heavy atom. The van der Waals surface area contributed by atoms with Crippen molar-refractivity contribution in [3.8, 4) is 5.75 Å². The molecule has 0 aromatic heterocycles. The highest BCUT2D eigenvalue weighted by molar-refractivity contribution is 5.53. The summed E-state index contributed by atoms with van der Waals surface area (Å²) in [4.78, 5) is 0. The fraction of sp³-hybridized carbons (Fsp3) is 0.455. The van der Waals surface area contributed by atoms with E-state index >= 15 is 0 Å². The first-order valence-electron chi connectivity index (χ1n) is 4.80. The quantitative estimate of drug-likeness (QED) is 0.719. The van der Waals surface area contributed by atoms with Crippen LogP contribution in [-0.2, 0) is 0 Å². The van der Waals surface area contributed by atoms with Crippen LogP contribution >= 0.6 is 0 Å². The summed E-state index contributed by atoms with van der Waals surface area (Å²) < 4.78 is 5.37. The molecule has 3 heteroatoms. The van der Waals surface area contributed by atoms with E-state index in [2.05, 4.69) is 0 Å². The monoisotopic (exact) mass is 195 g/mol. The average molecular weight is 195 g/mol. The maximum atomic E-state index is 9.30. The fourth-order valence-corrected chi connectivity index (χ4v) is 1.10. The zero-order valence-electron chi connectivity index (χ0n) is 8.66. The van der Waals surface area contributed by atoms with Crippen molar-refractivity contribution in [3.63, 3.8) is 0 Å². The molecule has 78 valence electrons. The lowest BCUT2D eigenvalue weighted by Gasteiger charge is -2.12. The Morgan fingerprint density at radius 1 is 1.50 bits per heavy atom. The Bertz CT molecular complexity index is 299. The summed E-state index contributed by atoms with van der Waals surface area (Å²) in [5, 5.41) is 9.30. The molecule has 0 radical (unpaired) electrons. The van der Waals surface area contributed by atoms with E-state index in [1.54, 1.807) is 0 Å². The van der Waals surface area contributed by atoms with Crippen LogP contribution in [0.1, 0.15) is 18.9 Å². The number of anilines is 1. The molecule has 1 atom stereocenters. The molecule has 0 fully saturated rings. The van der Waals surface area contributed by atoms with E-state index in [1.165, 1.54) is 0 Å². The molecular weight excluding hydrogens is 178 g/mol. The van der Waals surface area contributed by atoms with Crippen molar-refractivity contribution in [1.29, 1.82) is 0 Å². The van der Waals surface area contributed by atoms with E-state index in [0.29, 0.717) is 24.5 Å². The Labute approximate surface area is 84.5 Å². The Balaban J connectivity index is 2.59. The minimum absolute atomic E-state index is 0.295. The highest BCUT2D eigenvalue weighted by Crippen LogP contribution is 2.22. The third-order valence-electron chi connectivity index (χ3n) is 2.07. The number of ether oxygens (including phenoxy) is 1. The second kappa shape index (κ2) is 4.86. The summed E-state index contributed by atoms with van der Waals surface area (Å²) in [5.41, 5.74) is 7.46. The Hall–Kier alpha value is -1.22. The first-order valence-corrected chi connectivity index (χ1v) is 4.80. The summed E-state index contributed by atoms with van der Waals surface area (Å²) in [7, 11) is 0. The number of rotatable bonds is 4. The molecule has 1 unspecified atom stereocenters. The van der Waals surface area contributed by atoms with Gasteiger partial charge in [-0.2, -0.15) is 0 Å². The van der Waals surface area contributed by atoms with Crippen LogP contribution in [0.25, 0.3) is 0 Å². The van der Waals surface area contributed by atoms with Gasteiger partial charge in [0.05, 0.1) is 11.8 Å². The number of benzene rings is 1. The van der Waals surface area contributed by atoms with Gasteiger partial charge in [-0.3, -0.25) is 0 Å². The van der Waals surface area contributed by atoms with E-state index < -0.39 is 6.10 Å². The summed E-state index contributed by atoms with van der Waals surface area (Å²) >= 11 is 0. The van der Waals surface area contributed by atoms with Crippen molar-refractivity contribution >= 4 is 5.69 Å². The molecule has 0 bridgehead atoms. The van der Waals surface area contributed by atoms with Gasteiger partial charge in [-0.25, -0.2) is 0 Å². The lowest BCUT2D eigenvalue weighted by molar-refractivity contribution is 0.105. The van der Waals surface area contributed by atoms with E-state index in [-0.39, 0.29) is 0 Å². The van der Waals surface area contributed by atoms with Crippen molar-refractivity contribution in [2.75, 3.05) is 12.3 Å². The van der Waals surface area contributed by atoms with Gasteiger partial charge < -0.3 is 15.6 Å². The second-order valence-electron chi connectivity index (χ2n) is 3.41. The molecular formula is C11H17NO2. The fourth-order valence-electron chi connectivity index (χ4n) is 1.10. The number of hydrogen-bond acceptors (Lipinski definition) is 3. The molecule has 0 saturated carbocycles. The first-order chi connectivity index (χ1) is 6.63. The number of nitrogens with two attached hydrogens (primary N) is 1. The number of aryl methyl sites for hydroxylation is 1. The van der Waals surface area contributed by atoms with Gasteiger partial charge in [0.1, 0.15) is 12.4 Å². The Morgan fingerprint density at radius 3 is 2.79 bits per heavy atom. The largest absolute Gasteiger partial charge is 0.489 e. The second-order valence-corrected chi connectivity index (χ2v) is 3.41. The van der Waals surface area contributed by atoms with Crippen molar-refractivity contribution < 1.29 is 9.84 Å². The Kier molecular flexibility index (Phi) is 3.77. The SMILES string of the molecule is CCC(O)COc1ccc(C)cc1N. The highest BCUT2D eigenvalue weighted by Gasteiger charge is 2.04. The molecule has 1 aromatic carbocycles. The predicted molar refractivity (Wildman–Crippen MR) is 57.4 cm³/mol. The highest BCUT2D eigenvalue weighted by atomic mass is 16.5. The van der Waals surface area contributed by atoms with Crippen LogP contribution in [0.4, 0.5) is 5.69 Å². The van der Waals surface area contributed by atoms with Crippen molar-refractivity contribution in [2.24, 2.45) is 0 Å². The standard InChI is InChI=1S/C11H17NO2/c1-3-9(13)7-14-11-5-4-8(2)6-10(11)12/h4-6,9,13H,3,7,12H2,1-2H3. The maximum absolute atomic E-state index is 9.30. The normalized spacial score (nSPS) is 12.5. The molecule has 0 aliphatic heterocycles. The predicted octanol–water partition coefficient (Wildman–Crippen LogP) is 1.73. The molecule has 0 amide bonds. The van der Waals surface area contributed by atoms with Crippen LogP contribution in [-0.4, -0.2) is 17.8 Å². The number of aliphatic hydroxyl groups is 1. The molecule has 0 aliphatic carbocycles. The van der Waals surface area contributed by atoms with Gasteiger partial charge in [0.2, 0.25) is 0 Å². The lowest BCUT2D eigenvalue weighted by atomic mass is 10.2. The first kappa shape index (κ1) is 10.9. The summed E-state index contributed by atoms with van der Waals surface area (Å²) in [6, 6.07) is 5.62. The number of hydrogen-bond donors (Lipinski definition) is 2. The molecule has 3 nitrogen and oxygen atoms in total. The van der Waals surface area contributed by atoms with Crippen molar-refractivity contribution in [2.45, 2.75) is 26.4 Å². The topological polar surface area (TPSA) is 55.5 Å². The van der Waals surface area contributed by atoms with Crippen LogP contribution in [0.2, 0.25) is 0 Å². The summed E-state index contributed by atoms with van der Waals surface area (Å²) in [5.74, 6) is 0.642. The van der Waals surface area contributed by atoms with Crippen LogP contribution in [0, 0.1) is 6.92 Å². The summed E-state index contributed by atoms with van der Waals surface area (Å²) in [6.07, 6.45) is 0.266. The molecule has 0 aliphatic rings. The molecule has 1 rings (SSSR count). The van der Waals surface area contributed by atoms with Gasteiger partial charge in [0.15, 0.2) is 0 Å². The molecule has 0 saturated heterocycles. The van der Waals surface area contributed by atoms with Gasteiger partial charge >= 0.3 is 0 Å². The van der Waals surface area contributed by atoms with E-state index in [1.807, 2.05) is 32.0 Å². The zero-order valence-corrected chi connectivity index (χ0v) is 8.66. The van der Waals surface area contributed by atoms with E-state index in [4.69, 9.17) is 10.5 Å². The van der Waals surface area contributed by atoms with Crippen molar-refractivity contribution in [3.05, 3.63) is 23.8 Å². The average Bonchev–Trinajstić information content (AvgIpc) is 2.16. The third-order valence-corrected chi connectivity index (χ3v) is 2.07. The smallest absolute Gasteiger partial charge is 0.142 e.